The van der Waals surface area contributed by atoms with Crippen molar-refractivity contribution in [3.05, 3.63) is 58.9 Å². The molecule has 0 fully saturated rings. The number of rotatable bonds is 3. The van der Waals surface area contributed by atoms with E-state index in [1.807, 2.05) is 31.2 Å². The van der Waals surface area contributed by atoms with E-state index in [1.165, 1.54) is 0 Å². The maximum atomic E-state index is 12.4. The highest BCUT2D eigenvalue weighted by atomic mass is 16.1. The van der Waals surface area contributed by atoms with Gasteiger partial charge in [-0.3, -0.25) is 9.89 Å². The molecular formula is C17H16N6O. The van der Waals surface area contributed by atoms with Gasteiger partial charge in [0.25, 0.3) is 5.91 Å². The van der Waals surface area contributed by atoms with Crippen molar-refractivity contribution in [3.63, 3.8) is 0 Å². The Bertz CT molecular complexity index is 882. The Morgan fingerprint density at radius 1 is 1.08 bits per heavy atom. The molecule has 0 spiro atoms. The zero-order valence-corrected chi connectivity index (χ0v) is 13.1. The van der Waals surface area contributed by atoms with E-state index in [1.54, 1.807) is 12.1 Å². The minimum atomic E-state index is -0.183. The molecule has 3 N–H and O–H groups in total. The first-order valence-corrected chi connectivity index (χ1v) is 7.69. The van der Waals surface area contributed by atoms with Gasteiger partial charge in [-0.25, -0.2) is 0 Å². The molecule has 1 aliphatic heterocycles. The van der Waals surface area contributed by atoms with Gasteiger partial charge in [-0.15, -0.1) is 0 Å². The topological polar surface area (TPSA) is 95.6 Å². The lowest BCUT2D eigenvalue weighted by atomic mass is 10.1. The lowest BCUT2D eigenvalue weighted by Gasteiger charge is -2.05. The predicted molar refractivity (Wildman–Crippen MR) is 89.3 cm³/mol. The molecule has 120 valence electrons. The molecule has 24 heavy (non-hydrogen) atoms. The Morgan fingerprint density at radius 3 is 2.67 bits per heavy atom. The maximum Gasteiger partial charge on any atom is 0.256 e. The van der Waals surface area contributed by atoms with Crippen LogP contribution in [0.15, 0.2) is 36.4 Å². The largest absolute Gasteiger partial charge is 0.307 e. The van der Waals surface area contributed by atoms with Gasteiger partial charge in [0.15, 0.2) is 5.82 Å². The number of benzene rings is 1. The average Bonchev–Trinajstić information content (AvgIpc) is 3.21. The van der Waals surface area contributed by atoms with Crippen LogP contribution in [0.1, 0.15) is 27.3 Å². The molecule has 7 heteroatoms. The Kier molecular flexibility index (Phi) is 3.55. The first kappa shape index (κ1) is 14.5. The normalized spacial score (nSPS) is 12.9. The minimum absolute atomic E-state index is 0.183. The summed E-state index contributed by atoms with van der Waals surface area (Å²) in [7, 11) is 0. The van der Waals surface area contributed by atoms with E-state index in [0.29, 0.717) is 17.9 Å². The Hall–Kier alpha value is -3.06. The number of hydrogen-bond donors (Lipinski definition) is 3. The van der Waals surface area contributed by atoms with Gasteiger partial charge in [-0.2, -0.15) is 15.3 Å². The Labute approximate surface area is 138 Å². The van der Waals surface area contributed by atoms with Crippen molar-refractivity contribution in [2.24, 2.45) is 0 Å². The van der Waals surface area contributed by atoms with E-state index in [-0.39, 0.29) is 5.91 Å². The van der Waals surface area contributed by atoms with E-state index in [9.17, 15) is 4.79 Å². The highest BCUT2D eigenvalue weighted by molar-refractivity contribution is 6.04. The molecule has 1 aliphatic rings. The van der Waals surface area contributed by atoms with Crippen molar-refractivity contribution < 1.29 is 4.79 Å². The van der Waals surface area contributed by atoms with Crippen molar-refractivity contribution in [1.82, 2.24) is 25.7 Å². The quantitative estimate of drug-likeness (QED) is 0.686. The monoisotopic (exact) mass is 320 g/mol. The molecule has 0 atom stereocenters. The number of aromatic amines is 1. The summed E-state index contributed by atoms with van der Waals surface area (Å²) in [5.41, 5.74) is 5.19. The minimum Gasteiger partial charge on any atom is -0.307 e. The molecule has 3 heterocycles. The number of H-pyrrole nitrogens is 1. The number of anilines is 1. The fourth-order valence-corrected chi connectivity index (χ4v) is 2.68. The van der Waals surface area contributed by atoms with E-state index in [0.717, 1.165) is 34.8 Å². The fourth-order valence-electron chi connectivity index (χ4n) is 2.68. The zero-order chi connectivity index (χ0) is 16.5. The number of fused-ring (bicyclic) bond motifs is 1. The summed E-state index contributed by atoms with van der Waals surface area (Å²) in [4.78, 5) is 12.4. The number of aromatic nitrogens is 4. The van der Waals surface area contributed by atoms with E-state index < -0.39 is 0 Å². The van der Waals surface area contributed by atoms with Crippen molar-refractivity contribution >= 4 is 11.7 Å². The lowest BCUT2D eigenvalue weighted by molar-refractivity contribution is 0.102. The zero-order valence-electron chi connectivity index (χ0n) is 13.1. The van der Waals surface area contributed by atoms with Gasteiger partial charge in [0.05, 0.1) is 17.1 Å². The first-order valence-electron chi connectivity index (χ1n) is 7.69. The number of hydrogen-bond acceptors (Lipinski definition) is 5. The standard InChI is InChI=1S/C17H16N6O/c1-10-2-7-14(21-20-10)11-3-5-12(6-4-11)17(24)19-16-13-8-18-9-15(13)22-23-16/h2-7,18H,8-9H2,1H3,(H2,19,22,23,24). The summed E-state index contributed by atoms with van der Waals surface area (Å²) in [6.07, 6.45) is 0. The molecule has 3 aromatic rings. The highest BCUT2D eigenvalue weighted by Crippen LogP contribution is 2.22. The van der Waals surface area contributed by atoms with Crippen molar-refractivity contribution in [3.8, 4) is 11.3 Å². The Morgan fingerprint density at radius 2 is 1.92 bits per heavy atom. The average molecular weight is 320 g/mol. The van der Waals surface area contributed by atoms with Gasteiger partial charge >= 0.3 is 0 Å². The van der Waals surface area contributed by atoms with Crippen LogP contribution in [0, 0.1) is 6.92 Å². The van der Waals surface area contributed by atoms with Gasteiger partial charge in [-0.1, -0.05) is 12.1 Å². The van der Waals surface area contributed by atoms with Crippen LogP contribution < -0.4 is 10.6 Å². The smallest absolute Gasteiger partial charge is 0.256 e. The van der Waals surface area contributed by atoms with E-state index >= 15 is 0 Å². The molecule has 0 saturated heterocycles. The molecule has 0 aliphatic carbocycles. The van der Waals surface area contributed by atoms with Crippen LogP contribution in [0.4, 0.5) is 5.82 Å². The number of nitrogens with zero attached hydrogens (tertiary/aromatic N) is 3. The van der Waals surface area contributed by atoms with Gasteiger partial charge in [-0.05, 0) is 31.2 Å². The summed E-state index contributed by atoms with van der Waals surface area (Å²) in [6.45, 7) is 3.36. The first-order chi connectivity index (χ1) is 11.7. The molecular weight excluding hydrogens is 304 g/mol. The van der Waals surface area contributed by atoms with Gasteiger partial charge < -0.3 is 10.6 Å². The van der Waals surface area contributed by atoms with Gasteiger partial charge in [0.2, 0.25) is 0 Å². The second kappa shape index (κ2) is 5.86. The number of amides is 1. The molecule has 1 amide bonds. The highest BCUT2D eigenvalue weighted by Gasteiger charge is 2.19. The number of aryl methyl sites for hydroxylation is 1. The van der Waals surface area contributed by atoms with Crippen LogP contribution in [0.3, 0.4) is 0 Å². The molecule has 7 nitrogen and oxygen atoms in total. The van der Waals surface area contributed by atoms with Crippen molar-refractivity contribution in [1.29, 1.82) is 0 Å². The maximum absolute atomic E-state index is 12.4. The van der Waals surface area contributed by atoms with Crippen LogP contribution in [-0.4, -0.2) is 26.3 Å². The van der Waals surface area contributed by atoms with Crippen LogP contribution in [0.5, 0.6) is 0 Å². The van der Waals surface area contributed by atoms with Crippen molar-refractivity contribution in [2.75, 3.05) is 5.32 Å². The molecule has 0 unspecified atom stereocenters. The number of carbonyl (C=O) groups excluding carboxylic acids is 1. The molecule has 2 aromatic heterocycles. The third-order valence-electron chi connectivity index (χ3n) is 4.03. The summed E-state index contributed by atoms with van der Waals surface area (Å²) in [5.74, 6) is 0.409. The second-order valence-corrected chi connectivity index (χ2v) is 5.72. The van der Waals surface area contributed by atoms with Crippen LogP contribution >= 0.6 is 0 Å². The lowest BCUT2D eigenvalue weighted by Crippen LogP contribution is -2.14. The number of nitrogens with one attached hydrogen (secondary N) is 3. The molecule has 0 radical (unpaired) electrons. The van der Waals surface area contributed by atoms with E-state index in [4.69, 9.17) is 0 Å². The van der Waals surface area contributed by atoms with Gasteiger partial charge in [0.1, 0.15) is 0 Å². The summed E-state index contributed by atoms with van der Waals surface area (Å²) in [5, 5.41) is 21.4. The van der Waals surface area contributed by atoms with Gasteiger partial charge in [0, 0.05) is 29.8 Å². The van der Waals surface area contributed by atoms with Crippen LogP contribution in [-0.2, 0) is 13.1 Å². The van der Waals surface area contributed by atoms with E-state index in [2.05, 4.69) is 31.0 Å². The van der Waals surface area contributed by atoms with Crippen LogP contribution in [0.2, 0.25) is 0 Å². The molecule has 1 aromatic carbocycles. The summed E-state index contributed by atoms with van der Waals surface area (Å²) >= 11 is 0. The SMILES string of the molecule is Cc1ccc(-c2ccc(C(=O)Nc3n[nH]c4c3CNC4)cc2)nn1. The molecule has 0 saturated carbocycles. The van der Waals surface area contributed by atoms with Crippen molar-refractivity contribution in [2.45, 2.75) is 20.0 Å². The fraction of sp³-hybridized carbons (Fsp3) is 0.176. The summed E-state index contributed by atoms with van der Waals surface area (Å²) < 4.78 is 0. The summed E-state index contributed by atoms with van der Waals surface area (Å²) in [6, 6.07) is 11.1. The Balaban J connectivity index is 1.51. The number of carbonyl (C=O) groups is 1. The van der Waals surface area contributed by atoms with Crippen LogP contribution in [0.25, 0.3) is 11.3 Å². The molecule has 0 bridgehead atoms. The predicted octanol–water partition coefficient (Wildman–Crippen LogP) is 2.03. The third kappa shape index (κ3) is 2.65. The second-order valence-electron chi connectivity index (χ2n) is 5.72. The third-order valence-corrected chi connectivity index (χ3v) is 4.03. The molecule has 4 rings (SSSR count).